The van der Waals surface area contributed by atoms with Crippen LogP contribution in [0.5, 0.6) is 0 Å². The Morgan fingerprint density at radius 3 is 1.84 bits per heavy atom. The summed E-state index contributed by atoms with van der Waals surface area (Å²) in [5, 5.41) is 4.60. The summed E-state index contributed by atoms with van der Waals surface area (Å²) in [5.41, 5.74) is 14.1. The van der Waals surface area contributed by atoms with Crippen molar-refractivity contribution in [2.45, 2.75) is 0 Å². The minimum Gasteiger partial charge on any atom is -0.456 e. The number of nitrogens with zero attached hydrogens (tertiary/aromatic N) is 1. The second kappa shape index (κ2) is 15.1. The van der Waals surface area contributed by atoms with Gasteiger partial charge in [-0.2, -0.15) is 0 Å². The molecule has 56 heavy (non-hydrogen) atoms. The monoisotopic (exact) mass is 717 g/mol. The molecule has 0 unspecified atom stereocenters. The van der Waals surface area contributed by atoms with Crippen LogP contribution in [-0.2, 0) is 0 Å². The number of para-hydroxylation sites is 1. The lowest BCUT2D eigenvalue weighted by molar-refractivity contribution is 0.669. The summed E-state index contributed by atoms with van der Waals surface area (Å²) >= 11 is 0. The average molecular weight is 718 g/mol. The molecule has 0 N–H and O–H groups in total. The summed E-state index contributed by atoms with van der Waals surface area (Å²) in [6.45, 7) is 7.72. The number of hydrogen-bond acceptors (Lipinski definition) is 2. The van der Waals surface area contributed by atoms with Gasteiger partial charge < -0.3 is 9.32 Å². The highest BCUT2D eigenvalue weighted by molar-refractivity contribution is 6.11. The van der Waals surface area contributed by atoms with E-state index < -0.39 is 0 Å². The van der Waals surface area contributed by atoms with Crippen molar-refractivity contribution in [2.24, 2.45) is 0 Å². The zero-order valence-electron chi connectivity index (χ0n) is 31.0. The van der Waals surface area contributed by atoms with Gasteiger partial charge in [0.15, 0.2) is 0 Å². The van der Waals surface area contributed by atoms with Gasteiger partial charge in [-0.15, -0.1) is 0 Å². The van der Waals surface area contributed by atoms with Gasteiger partial charge in [0.05, 0.1) is 5.69 Å². The van der Waals surface area contributed by atoms with Crippen LogP contribution < -0.4 is 4.90 Å². The first-order valence-electron chi connectivity index (χ1n) is 18.9. The predicted octanol–water partition coefficient (Wildman–Crippen LogP) is 15.6. The molecular formula is C54H39NO. The smallest absolute Gasteiger partial charge is 0.136 e. The van der Waals surface area contributed by atoms with E-state index in [2.05, 4.69) is 206 Å². The number of hydrogen-bond donors (Lipinski definition) is 0. The van der Waals surface area contributed by atoms with Crippen LogP contribution in [0.3, 0.4) is 0 Å². The molecule has 2 nitrogen and oxygen atoms in total. The maximum atomic E-state index is 6.40. The molecule has 8 aromatic carbocycles. The Kier molecular flexibility index (Phi) is 9.29. The van der Waals surface area contributed by atoms with Crippen molar-refractivity contribution in [3.05, 3.63) is 225 Å². The SMILES string of the molecule is C=C/C=C\c1ccc(-c2ccc(N(c3cccc(-c4ccccc4)c3)c3ccccc3-c3ccc4oc5cc6ccccc6cc5c4c3)cc2)cc1/C=C\C=C. The highest BCUT2D eigenvalue weighted by Crippen LogP contribution is 2.44. The zero-order valence-corrected chi connectivity index (χ0v) is 31.0. The highest BCUT2D eigenvalue weighted by atomic mass is 16.3. The number of rotatable bonds is 10. The van der Waals surface area contributed by atoms with Gasteiger partial charge in [0.25, 0.3) is 0 Å². The van der Waals surface area contributed by atoms with Gasteiger partial charge in [0, 0.05) is 27.7 Å². The molecule has 0 aliphatic rings. The molecule has 0 aliphatic carbocycles. The second-order valence-electron chi connectivity index (χ2n) is 13.9. The molecule has 2 heteroatoms. The normalized spacial score (nSPS) is 11.6. The predicted molar refractivity (Wildman–Crippen MR) is 241 cm³/mol. The molecule has 266 valence electrons. The molecule has 0 amide bonds. The lowest BCUT2D eigenvalue weighted by atomic mass is 9.97. The third kappa shape index (κ3) is 6.66. The fourth-order valence-electron chi connectivity index (χ4n) is 7.62. The first kappa shape index (κ1) is 34.4. The van der Waals surface area contributed by atoms with Crippen LogP contribution >= 0.6 is 0 Å². The van der Waals surface area contributed by atoms with Crippen molar-refractivity contribution in [3.63, 3.8) is 0 Å². The summed E-state index contributed by atoms with van der Waals surface area (Å²) in [4.78, 5) is 2.37. The molecule has 0 spiro atoms. The van der Waals surface area contributed by atoms with Crippen molar-refractivity contribution < 1.29 is 4.42 Å². The maximum absolute atomic E-state index is 6.40. The fourth-order valence-corrected chi connectivity index (χ4v) is 7.62. The molecule has 9 aromatic rings. The van der Waals surface area contributed by atoms with E-state index in [1.807, 2.05) is 12.2 Å². The molecule has 1 heterocycles. The molecule has 0 atom stereocenters. The first-order chi connectivity index (χ1) is 27.7. The van der Waals surface area contributed by atoms with E-state index in [1.54, 1.807) is 12.2 Å². The standard InChI is InChI=1S/C54H39NO/c1-3-5-15-39-25-26-45(33-41(39)16-6-4-2)40-27-30-47(31-28-40)55(48-22-14-21-42(34-48)38-17-8-7-9-18-38)52-24-13-12-23-49(52)46-29-32-53-50(36-46)51-35-43-19-10-11-20-44(43)37-54(51)56-53/h3-37H,1-2H2/b15-5-,16-6-. The van der Waals surface area contributed by atoms with Crippen LogP contribution in [0.2, 0.25) is 0 Å². The third-order valence-electron chi connectivity index (χ3n) is 10.4. The number of furan rings is 1. The fraction of sp³-hybridized carbons (Fsp3) is 0. The number of allylic oxidation sites excluding steroid dienone is 4. The molecule has 1 aromatic heterocycles. The van der Waals surface area contributed by atoms with Crippen LogP contribution in [-0.4, -0.2) is 0 Å². The van der Waals surface area contributed by atoms with Crippen LogP contribution in [0, 0.1) is 0 Å². The largest absolute Gasteiger partial charge is 0.456 e. The van der Waals surface area contributed by atoms with Gasteiger partial charge in [-0.3, -0.25) is 0 Å². The Balaban J connectivity index is 1.18. The number of fused-ring (bicyclic) bond motifs is 4. The highest BCUT2D eigenvalue weighted by Gasteiger charge is 2.19. The Morgan fingerprint density at radius 1 is 0.411 bits per heavy atom. The Labute approximate surface area is 327 Å². The van der Waals surface area contributed by atoms with E-state index in [0.29, 0.717) is 0 Å². The van der Waals surface area contributed by atoms with Crippen molar-refractivity contribution in [1.82, 2.24) is 0 Å². The van der Waals surface area contributed by atoms with Crippen LogP contribution in [0.1, 0.15) is 11.1 Å². The Hall–Kier alpha value is -7.42. The summed E-state index contributed by atoms with van der Waals surface area (Å²) < 4.78 is 6.40. The Bertz CT molecular complexity index is 2940. The van der Waals surface area contributed by atoms with Crippen molar-refractivity contribution in [1.29, 1.82) is 0 Å². The molecule has 0 saturated heterocycles. The van der Waals surface area contributed by atoms with Crippen LogP contribution in [0.15, 0.2) is 218 Å². The summed E-state index contributed by atoms with van der Waals surface area (Å²) in [6, 6.07) is 62.9. The van der Waals surface area contributed by atoms with Gasteiger partial charge in [-0.05, 0) is 110 Å². The first-order valence-corrected chi connectivity index (χ1v) is 18.9. The minimum atomic E-state index is 0.882. The summed E-state index contributed by atoms with van der Waals surface area (Å²) in [7, 11) is 0. The van der Waals surface area contributed by atoms with E-state index in [9.17, 15) is 0 Å². The molecular weight excluding hydrogens is 679 g/mol. The quantitative estimate of drug-likeness (QED) is 0.131. The molecule has 9 rings (SSSR count). The summed E-state index contributed by atoms with van der Waals surface area (Å²) in [6.07, 6.45) is 11.7. The number of benzene rings is 8. The maximum Gasteiger partial charge on any atom is 0.136 e. The van der Waals surface area contributed by atoms with Crippen molar-refractivity contribution in [3.8, 4) is 33.4 Å². The van der Waals surface area contributed by atoms with E-state index in [4.69, 9.17) is 4.42 Å². The third-order valence-corrected chi connectivity index (χ3v) is 10.4. The molecule has 0 bridgehead atoms. The molecule has 0 radical (unpaired) electrons. The topological polar surface area (TPSA) is 16.4 Å². The average Bonchev–Trinajstić information content (AvgIpc) is 3.61. The van der Waals surface area contributed by atoms with Crippen LogP contribution in [0.25, 0.3) is 78.2 Å². The van der Waals surface area contributed by atoms with Crippen molar-refractivity contribution >= 4 is 61.9 Å². The lowest BCUT2D eigenvalue weighted by Crippen LogP contribution is -2.11. The molecule has 0 aliphatic heterocycles. The Morgan fingerprint density at radius 2 is 1.04 bits per heavy atom. The lowest BCUT2D eigenvalue weighted by Gasteiger charge is -2.28. The zero-order chi connectivity index (χ0) is 37.8. The molecule has 0 fully saturated rings. The second-order valence-corrected chi connectivity index (χ2v) is 13.9. The molecule has 0 saturated carbocycles. The number of anilines is 3. The van der Waals surface area contributed by atoms with E-state index in [0.717, 1.165) is 77.9 Å². The summed E-state index contributed by atoms with van der Waals surface area (Å²) in [5.74, 6) is 0. The van der Waals surface area contributed by atoms with Gasteiger partial charge in [-0.1, -0.05) is 165 Å². The van der Waals surface area contributed by atoms with Crippen LogP contribution in [0.4, 0.5) is 17.1 Å². The van der Waals surface area contributed by atoms with Gasteiger partial charge in [0.1, 0.15) is 11.2 Å². The van der Waals surface area contributed by atoms with E-state index in [1.165, 1.54) is 16.3 Å². The van der Waals surface area contributed by atoms with E-state index in [-0.39, 0.29) is 0 Å². The minimum absolute atomic E-state index is 0.882. The van der Waals surface area contributed by atoms with Gasteiger partial charge in [0.2, 0.25) is 0 Å². The van der Waals surface area contributed by atoms with E-state index >= 15 is 0 Å². The van der Waals surface area contributed by atoms with Gasteiger partial charge >= 0.3 is 0 Å². The van der Waals surface area contributed by atoms with Crippen molar-refractivity contribution in [2.75, 3.05) is 4.90 Å². The van der Waals surface area contributed by atoms with Gasteiger partial charge in [-0.25, -0.2) is 0 Å².